The summed E-state index contributed by atoms with van der Waals surface area (Å²) >= 11 is 1.52. The molecule has 0 unspecified atom stereocenters. The second-order valence-corrected chi connectivity index (χ2v) is 14.7. The van der Waals surface area contributed by atoms with Crippen molar-refractivity contribution in [2.24, 2.45) is 0 Å². The molecule has 0 spiro atoms. The fraction of sp³-hybridized carbons (Fsp3) is 0.250. The Morgan fingerprint density at radius 1 is 0.852 bits per heavy atom. The van der Waals surface area contributed by atoms with Gasteiger partial charge in [-0.15, -0.1) is 11.3 Å². The number of anilines is 1. The van der Waals surface area contributed by atoms with Gasteiger partial charge < -0.3 is 24.0 Å². The highest BCUT2D eigenvalue weighted by Gasteiger charge is 2.42. The van der Waals surface area contributed by atoms with Crippen molar-refractivity contribution in [3.8, 4) is 21.9 Å². The molecule has 0 fully saturated rings. The first-order chi connectivity index (χ1) is 26.5. The summed E-state index contributed by atoms with van der Waals surface area (Å²) in [5.74, 6) is 0.931. The molecule has 4 aromatic carbocycles. The summed E-state index contributed by atoms with van der Waals surface area (Å²) in [6.07, 6.45) is 5.93. The highest BCUT2D eigenvalue weighted by Crippen LogP contribution is 2.49. The van der Waals surface area contributed by atoms with Crippen molar-refractivity contribution in [1.82, 2.24) is 14.7 Å². The molecule has 2 aliphatic heterocycles. The molecule has 2 aliphatic rings. The monoisotopic (exact) mass is 738 g/mol. The normalized spacial score (nSPS) is 15.4. The van der Waals surface area contributed by atoms with Crippen molar-refractivity contribution in [1.29, 1.82) is 0 Å². The highest BCUT2D eigenvalue weighted by molar-refractivity contribution is 7.18. The Kier molecular flexibility index (Phi) is 9.69. The summed E-state index contributed by atoms with van der Waals surface area (Å²) in [5, 5.41) is 5.15. The predicted octanol–water partition coefficient (Wildman–Crippen LogP) is 7.81. The molecule has 1 amide bonds. The van der Waals surface area contributed by atoms with E-state index >= 15 is 0 Å². The molecule has 10 heteroatoms. The van der Waals surface area contributed by atoms with Crippen LogP contribution in [-0.2, 0) is 28.0 Å². The van der Waals surface area contributed by atoms with E-state index in [0.29, 0.717) is 29.5 Å². The number of rotatable bonds is 11. The van der Waals surface area contributed by atoms with Crippen LogP contribution in [0.15, 0.2) is 122 Å². The first-order valence-electron chi connectivity index (χ1n) is 18.2. The van der Waals surface area contributed by atoms with Crippen molar-refractivity contribution in [3.05, 3.63) is 154 Å². The SMILES string of the molecule is COC(=O)C[C@@H]1CN(Cc2ccc(OC)cc2OC)C(=O)c2sc(-c3cnn(C(c4ccccc4)(c4ccccc4)c4ccccc4)c3)c3c2N1CCC3. The van der Waals surface area contributed by atoms with Gasteiger partial charge in [0, 0.05) is 47.9 Å². The summed E-state index contributed by atoms with van der Waals surface area (Å²) in [6.45, 7) is 1.42. The minimum Gasteiger partial charge on any atom is -0.497 e. The Bertz CT molecular complexity index is 2170. The number of ether oxygens (including phenoxy) is 3. The molecule has 0 N–H and O–H groups in total. The van der Waals surface area contributed by atoms with Crippen LogP contribution >= 0.6 is 11.3 Å². The smallest absolute Gasteiger partial charge is 0.307 e. The maximum absolute atomic E-state index is 14.8. The lowest BCUT2D eigenvalue weighted by atomic mass is 9.77. The Morgan fingerprint density at radius 2 is 1.50 bits per heavy atom. The fourth-order valence-electron chi connectivity index (χ4n) is 8.19. The largest absolute Gasteiger partial charge is 0.497 e. The van der Waals surface area contributed by atoms with Crippen molar-refractivity contribution in [2.45, 2.75) is 37.4 Å². The molecule has 6 aromatic rings. The summed E-state index contributed by atoms with van der Waals surface area (Å²) < 4.78 is 18.4. The number of aromatic nitrogens is 2. The zero-order chi connectivity index (χ0) is 37.2. The molecular weight excluding hydrogens is 697 g/mol. The van der Waals surface area contributed by atoms with Gasteiger partial charge in [-0.2, -0.15) is 5.10 Å². The number of methoxy groups -OCH3 is 3. The molecule has 2 aromatic heterocycles. The zero-order valence-corrected chi connectivity index (χ0v) is 31.4. The fourth-order valence-corrected chi connectivity index (χ4v) is 9.49. The van der Waals surface area contributed by atoms with Crippen molar-refractivity contribution in [3.63, 3.8) is 0 Å². The minimum atomic E-state index is -0.769. The molecule has 0 aliphatic carbocycles. The lowest BCUT2D eigenvalue weighted by molar-refractivity contribution is -0.141. The van der Waals surface area contributed by atoms with Gasteiger partial charge in [0.25, 0.3) is 5.91 Å². The van der Waals surface area contributed by atoms with Gasteiger partial charge in [0.1, 0.15) is 21.9 Å². The van der Waals surface area contributed by atoms with Crippen LogP contribution in [0, 0.1) is 0 Å². The van der Waals surface area contributed by atoms with E-state index in [1.165, 1.54) is 18.4 Å². The van der Waals surface area contributed by atoms with Gasteiger partial charge in [-0.25, -0.2) is 0 Å². The molecule has 0 bridgehead atoms. The topological polar surface area (TPSA) is 86.1 Å². The quantitative estimate of drug-likeness (QED) is 0.0991. The molecular formula is C44H42N4O5S. The predicted molar refractivity (Wildman–Crippen MR) is 211 cm³/mol. The standard InChI is InChI=1S/C44H42N4O5S/c1-51-36-22-21-30(38(25-36)52-2)27-46-29-35(24-39(49)53-3)47-23-13-20-37-40(47)42(43(46)50)54-41(37)31-26-45-48(28-31)44(32-14-7-4-8-15-32,33-16-9-5-10-17-33)34-18-11-6-12-19-34/h4-12,14-19,21-22,25-26,28,35H,13,20,23-24,27,29H2,1-3H3/t35-/m1/s1. The highest BCUT2D eigenvalue weighted by atomic mass is 32.1. The van der Waals surface area contributed by atoms with Crippen LogP contribution in [0.5, 0.6) is 11.5 Å². The van der Waals surface area contributed by atoms with Gasteiger partial charge in [-0.1, -0.05) is 91.0 Å². The third-order valence-corrected chi connectivity index (χ3v) is 12.0. The Balaban J connectivity index is 1.27. The number of benzene rings is 4. The van der Waals surface area contributed by atoms with Crippen molar-refractivity contribution >= 4 is 28.9 Å². The van der Waals surface area contributed by atoms with E-state index in [1.54, 1.807) is 14.2 Å². The number of nitrogens with zero attached hydrogens (tertiary/aromatic N) is 4. The number of carbonyl (C=O) groups is 2. The average molecular weight is 739 g/mol. The van der Waals surface area contributed by atoms with Gasteiger partial charge >= 0.3 is 5.97 Å². The maximum Gasteiger partial charge on any atom is 0.307 e. The first-order valence-corrected chi connectivity index (χ1v) is 19.0. The van der Waals surface area contributed by atoms with Gasteiger partial charge in [-0.05, 0) is 47.2 Å². The first kappa shape index (κ1) is 35.2. The van der Waals surface area contributed by atoms with Crippen molar-refractivity contribution < 1.29 is 23.8 Å². The summed E-state index contributed by atoms with van der Waals surface area (Å²) in [4.78, 5) is 33.5. The van der Waals surface area contributed by atoms with Crippen molar-refractivity contribution in [2.75, 3.05) is 39.3 Å². The number of esters is 1. The summed E-state index contributed by atoms with van der Waals surface area (Å²) in [6, 6.07) is 36.8. The van der Waals surface area contributed by atoms with E-state index < -0.39 is 5.54 Å². The van der Waals surface area contributed by atoms with E-state index in [0.717, 1.165) is 63.3 Å². The molecule has 0 radical (unpaired) electrons. The van der Waals surface area contributed by atoms with Crippen LogP contribution in [0.25, 0.3) is 10.4 Å². The third-order valence-electron chi connectivity index (χ3n) is 10.7. The van der Waals surface area contributed by atoms with Gasteiger partial charge in [0.05, 0.1) is 45.7 Å². The molecule has 1 atom stereocenters. The van der Waals surface area contributed by atoms with Crippen LogP contribution in [-0.4, -0.2) is 67.0 Å². The summed E-state index contributed by atoms with van der Waals surface area (Å²) in [5.41, 5.74) is 6.32. The number of hydrogen-bond donors (Lipinski definition) is 0. The Morgan fingerprint density at radius 3 is 2.09 bits per heavy atom. The second kappa shape index (κ2) is 14.9. The Labute approximate surface area is 319 Å². The average Bonchev–Trinajstić information content (AvgIpc) is 3.85. The van der Waals surface area contributed by atoms with Crippen LogP contribution in [0.3, 0.4) is 0 Å². The van der Waals surface area contributed by atoms with E-state index in [-0.39, 0.29) is 24.3 Å². The molecule has 9 nitrogen and oxygen atoms in total. The third kappa shape index (κ3) is 6.10. The molecule has 54 heavy (non-hydrogen) atoms. The number of amides is 1. The maximum atomic E-state index is 14.8. The van der Waals surface area contributed by atoms with Gasteiger partial charge in [0.15, 0.2) is 0 Å². The zero-order valence-electron chi connectivity index (χ0n) is 30.6. The molecule has 0 saturated carbocycles. The van der Waals surface area contributed by atoms with E-state index in [2.05, 4.69) is 88.6 Å². The van der Waals surface area contributed by atoms with E-state index in [1.807, 2.05) is 47.5 Å². The van der Waals surface area contributed by atoms with Crippen LogP contribution in [0.2, 0.25) is 0 Å². The Hall–Kier alpha value is -5.87. The number of carbonyl (C=O) groups excluding carboxylic acids is 2. The van der Waals surface area contributed by atoms with E-state index in [9.17, 15) is 9.59 Å². The minimum absolute atomic E-state index is 0.0702. The lowest BCUT2D eigenvalue weighted by Crippen LogP contribution is -2.46. The molecule has 0 saturated heterocycles. The van der Waals surface area contributed by atoms with Crippen LogP contribution in [0.4, 0.5) is 5.69 Å². The van der Waals surface area contributed by atoms with E-state index in [4.69, 9.17) is 19.3 Å². The second-order valence-electron chi connectivity index (χ2n) is 13.7. The molecule has 274 valence electrons. The van der Waals surface area contributed by atoms with Gasteiger partial charge in [-0.3, -0.25) is 14.3 Å². The number of thiophene rings is 1. The number of hydrogen-bond acceptors (Lipinski definition) is 8. The summed E-state index contributed by atoms with van der Waals surface area (Å²) in [7, 11) is 4.64. The molecule has 4 heterocycles. The van der Waals surface area contributed by atoms with Gasteiger partial charge in [0.2, 0.25) is 0 Å². The lowest BCUT2D eigenvalue weighted by Gasteiger charge is -2.36. The van der Waals surface area contributed by atoms with Crippen LogP contribution < -0.4 is 14.4 Å². The van der Waals surface area contributed by atoms with Crippen LogP contribution in [0.1, 0.15) is 50.3 Å². The molecule has 8 rings (SSSR count).